The van der Waals surface area contributed by atoms with Crippen LogP contribution in [0.1, 0.15) is 20.8 Å². The number of rotatable bonds is 2. The van der Waals surface area contributed by atoms with Crippen molar-refractivity contribution in [3.8, 4) is 0 Å². The van der Waals surface area contributed by atoms with E-state index in [1.807, 2.05) is 41.9 Å². The Kier molecular flexibility index (Phi) is 2.98. The number of hydrogen-bond acceptors (Lipinski definition) is 3. The van der Waals surface area contributed by atoms with Crippen molar-refractivity contribution >= 4 is 50.1 Å². The second kappa shape index (κ2) is 4.50. The van der Waals surface area contributed by atoms with E-state index in [1.54, 1.807) is 11.3 Å². The highest BCUT2D eigenvalue weighted by Crippen LogP contribution is 2.32. The number of aryl methyl sites for hydroxylation is 1. The molecule has 0 atom stereocenters. The van der Waals surface area contributed by atoms with Crippen LogP contribution in [0.2, 0.25) is 5.02 Å². The van der Waals surface area contributed by atoms with Gasteiger partial charge in [-0.15, -0.1) is 22.7 Å². The average molecular weight is 293 g/mol. The Morgan fingerprint density at radius 2 is 2.06 bits per heavy atom. The van der Waals surface area contributed by atoms with Crippen LogP contribution in [0.4, 0.5) is 0 Å². The summed E-state index contributed by atoms with van der Waals surface area (Å²) in [7, 11) is 0. The number of hydrogen-bond donors (Lipinski definition) is 0. The lowest BCUT2D eigenvalue weighted by Crippen LogP contribution is -1.99. The van der Waals surface area contributed by atoms with E-state index < -0.39 is 0 Å². The van der Waals surface area contributed by atoms with Gasteiger partial charge in [0.1, 0.15) is 0 Å². The summed E-state index contributed by atoms with van der Waals surface area (Å²) in [4.78, 5) is 13.2. The zero-order valence-electron chi connectivity index (χ0n) is 9.57. The van der Waals surface area contributed by atoms with Crippen molar-refractivity contribution in [1.29, 1.82) is 0 Å². The topological polar surface area (TPSA) is 17.1 Å². The number of fused-ring (bicyclic) bond motifs is 1. The molecule has 1 nitrogen and oxygen atoms in total. The highest BCUT2D eigenvalue weighted by atomic mass is 35.5. The molecule has 0 fully saturated rings. The van der Waals surface area contributed by atoms with Crippen LogP contribution in [0.15, 0.2) is 35.0 Å². The molecular weight excluding hydrogens is 284 g/mol. The van der Waals surface area contributed by atoms with Crippen LogP contribution in [0.25, 0.3) is 10.1 Å². The van der Waals surface area contributed by atoms with E-state index in [-0.39, 0.29) is 5.78 Å². The number of thiophene rings is 2. The molecule has 2 heterocycles. The third kappa shape index (κ3) is 1.79. The van der Waals surface area contributed by atoms with E-state index in [4.69, 9.17) is 11.6 Å². The molecule has 0 bridgehead atoms. The lowest BCUT2D eigenvalue weighted by Gasteiger charge is -2.01. The van der Waals surface area contributed by atoms with Crippen LogP contribution in [-0.4, -0.2) is 5.78 Å². The van der Waals surface area contributed by atoms with E-state index in [1.165, 1.54) is 11.3 Å². The van der Waals surface area contributed by atoms with E-state index in [0.717, 1.165) is 21.2 Å². The Morgan fingerprint density at radius 1 is 1.22 bits per heavy atom. The number of ketones is 1. The van der Waals surface area contributed by atoms with Gasteiger partial charge >= 0.3 is 0 Å². The predicted octanol–water partition coefficient (Wildman–Crippen LogP) is 5.16. The van der Waals surface area contributed by atoms with Gasteiger partial charge < -0.3 is 0 Å². The largest absolute Gasteiger partial charge is 0.288 e. The maximum atomic E-state index is 12.5. The lowest BCUT2D eigenvalue weighted by atomic mass is 10.1. The maximum absolute atomic E-state index is 12.5. The van der Waals surface area contributed by atoms with Crippen molar-refractivity contribution in [3.05, 3.63) is 56.1 Å². The molecule has 3 rings (SSSR count). The van der Waals surface area contributed by atoms with Crippen LogP contribution in [0.3, 0.4) is 0 Å². The van der Waals surface area contributed by atoms with Crippen LogP contribution in [-0.2, 0) is 0 Å². The minimum absolute atomic E-state index is 0.0196. The van der Waals surface area contributed by atoms with Gasteiger partial charge in [0.15, 0.2) is 0 Å². The molecule has 18 heavy (non-hydrogen) atoms. The third-order valence-corrected chi connectivity index (χ3v) is 5.49. The Labute approximate surface area is 118 Å². The molecule has 0 radical (unpaired) electrons. The summed E-state index contributed by atoms with van der Waals surface area (Å²) < 4.78 is 1.03. The summed E-state index contributed by atoms with van der Waals surface area (Å²) in [5, 5.41) is 5.61. The smallest absolute Gasteiger partial charge is 0.205 e. The summed E-state index contributed by atoms with van der Waals surface area (Å²) in [5.41, 5.74) is 1.70. The van der Waals surface area contributed by atoms with Crippen LogP contribution in [0, 0.1) is 6.92 Å². The van der Waals surface area contributed by atoms with Crippen LogP contribution < -0.4 is 0 Å². The first kappa shape index (κ1) is 11.9. The molecule has 0 aliphatic carbocycles. The molecule has 4 heteroatoms. The van der Waals surface area contributed by atoms with Gasteiger partial charge in [0.25, 0.3) is 0 Å². The first-order valence-corrected chi connectivity index (χ1v) is 7.56. The first-order valence-electron chi connectivity index (χ1n) is 5.43. The van der Waals surface area contributed by atoms with Crippen molar-refractivity contribution in [2.75, 3.05) is 0 Å². The fourth-order valence-corrected chi connectivity index (χ4v) is 4.02. The van der Waals surface area contributed by atoms with Gasteiger partial charge in [0, 0.05) is 10.3 Å². The summed E-state index contributed by atoms with van der Waals surface area (Å²) in [5.74, 6) is 0.0196. The minimum atomic E-state index is 0.0196. The van der Waals surface area contributed by atoms with Gasteiger partial charge in [0.05, 0.1) is 9.90 Å². The number of benzene rings is 1. The summed E-state index contributed by atoms with van der Waals surface area (Å²) in [6, 6.07) is 7.82. The van der Waals surface area contributed by atoms with Gasteiger partial charge in [-0.1, -0.05) is 23.7 Å². The van der Waals surface area contributed by atoms with Gasteiger partial charge in [-0.05, 0) is 40.8 Å². The van der Waals surface area contributed by atoms with Crippen molar-refractivity contribution < 1.29 is 4.79 Å². The first-order chi connectivity index (χ1) is 8.68. The maximum Gasteiger partial charge on any atom is 0.205 e. The van der Waals surface area contributed by atoms with Crippen molar-refractivity contribution in [2.45, 2.75) is 6.92 Å². The molecule has 0 saturated heterocycles. The quantitative estimate of drug-likeness (QED) is 0.597. The van der Waals surface area contributed by atoms with Crippen LogP contribution in [0.5, 0.6) is 0 Å². The van der Waals surface area contributed by atoms with Crippen molar-refractivity contribution in [2.24, 2.45) is 0 Å². The second-order valence-corrected chi connectivity index (χ2v) is 6.21. The summed E-state index contributed by atoms with van der Waals surface area (Å²) >= 11 is 9.18. The minimum Gasteiger partial charge on any atom is -0.288 e. The van der Waals surface area contributed by atoms with Crippen molar-refractivity contribution in [3.63, 3.8) is 0 Å². The number of carbonyl (C=O) groups is 1. The van der Waals surface area contributed by atoms with Crippen LogP contribution >= 0.6 is 34.3 Å². The lowest BCUT2D eigenvalue weighted by molar-refractivity contribution is 0.104. The third-order valence-electron chi connectivity index (χ3n) is 2.83. The van der Waals surface area contributed by atoms with Gasteiger partial charge in [0.2, 0.25) is 5.78 Å². The zero-order chi connectivity index (χ0) is 12.7. The predicted molar refractivity (Wildman–Crippen MR) is 79.3 cm³/mol. The molecule has 0 saturated carbocycles. The zero-order valence-corrected chi connectivity index (χ0v) is 12.0. The highest BCUT2D eigenvalue weighted by Gasteiger charge is 2.18. The summed E-state index contributed by atoms with van der Waals surface area (Å²) in [6.45, 7) is 1.92. The van der Waals surface area contributed by atoms with E-state index in [9.17, 15) is 4.79 Å². The Bertz CT molecular complexity index is 739. The molecule has 0 aliphatic heterocycles. The highest BCUT2D eigenvalue weighted by molar-refractivity contribution is 7.18. The molecule has 0 aliphatic rings. The van der Waals surface area contributed by atoms with Gasteiger partial charge in [-0.2, -0.15) is 0 Å². The molecule has 90 valence electrons. The van der Waals surface area contributed by atoms with Gasteiger partial charge in [-0.3, -0.25) is 4.79 Å². The van der Waals surface area contributed by atoms with E-state index in [2.05, 4.69) is 0 Å². The molecule has 3 aromatic rings. The SMILES string of the molecule is Cc1csc(C(=O)c2cccc3ccsc23)c1Cl. The molecule has 0 unspecified atom stereocenters. The normalized spacial score (nSPS) is 11.0. The fourth-order valence-electron chi connectivity index (χ4n) is 1.88. The Balaban J connectivity index is 2.18. The number of halogens is 1. The Morgan fingerprint density at radius 3 is 2.78 bits per heavy atom. The van der Waals surface area contributed by atoms with E-state index >= 15 is 0 Å². The standard InChI is InChI=1S/C14H9ClOS2/c1-8-7-18-14(11(8)15)12(16)10-4-2-3-9-5-6-17-13(9)10/h2-7H,1H3. The van der Waals surface area contributed by atoms with Crippen molar-refractivity contribution in [1.82, 2.24) is 0 Å². The Hall–Kier alpha value is -1.16. The monoisotopic (exact) mass is 292 g/mol. The average Bonchev–Trinajstić information content (AvgIpc) is 2.96. The molecular formula is C14H9ClOS2. The molecule has 0 spiro atoms. The van der Waals surface area contributed by atoms with Gasteiger partial charge in [-0.25, -0.2) is 0 Å². The molecule has 0 amide bonds. The molecule has 1 aromatic carbocycles. The van der Waals surface area contributed by atoms with E-state index in [0.29, 0.717) is 9.90 Å². The number of carbonyl (C=O) groups excluding carboxylic acids is 1. The molecule has 0 N–H and O–H groups in total. The molecule has 2 aromatic heterocycles. The second-order valence-electron chi connectivity index (χ2n) is 4.04. The summed E-state index contributed by atoms with van der Waals surface area (Å²) in [6.07, 6.45) is 0. The fraction of sp³-hybridized carbons (Fsp3) is 0.0714.